The number of likely N-dealkylation sites (tertiary alicyclic amines) is 1. The summed E-state index contributed by atoms with van der Waals surface area (Å²) in [6, 6.07) is 7.97. The lowest BCUT2D eigenvalue weighted by Crippen LogP contribution is -2.35. The molecule has 1 heterocycles. The van der Waals surface area contributed by atoms with Crippen molar-refractivity contribution in [3.63, 3.8) is 0 Å². The van der Waals surface area contributed by atoms with Crippen molar-refractivity contribution in [1.29, 1.82) is 0 Å². The minimum Gasteiger partial charge on any atom is -0.314 e. The van der Waals surface area contributed by atoms with Gasteiger partial charge in [0.1, 0.15) is 5.82 Å². The Kier molecular flexibility index (Phi) is 5.55. The second-order valence-corrected chi connectivity index (χ2v) is 6.39. The zero-order valence-electron chi connectivity index (χ0n) is 12.9. The Hall–Kier alpha value is -0.930. The molecule has 1 aliphatic rings. The molecule has 1 saturated heterocycles. The van der Waals surface area contributed by atoms with Gasteiger partial charge < -0.3 is 10.2 Å². The maximum Gasteiger partial charge on any atom is 0.123 e. The monoisotopic (exact) mass is 278 g/mol. The minimum atomic E-state index is -0.141. The summed E-state index contributed by atoms with van der Waals surface area (Å²) < 4.78 is 13.1. The largest absolute Gasteiger partial charge is 0.314 e. The third-order valence-corrected chi connectivity index (χ3v) is 4.23. The van der Waals surface area contributed by atoms with Gasteiger partial charge in [0.25, 0.3) is 0 Å². The van der Waals surface area contributed by atoms with Gasteiger partial charge in [-0.2, -0.15) is 0 Å². The molecule has 0 saturated carbocycles. The van der Waals surface area contributed by atoms with E-state index in [2.05, 4.69) is 31.0 Å². The summed E-state index contributed by atoms with van der Waals surface area (Å²) in [5, 5.41) is 3.60. The minimum absolute atomic E-state index is 0.141. The van der Waals surface area contributed by atoms with Crippen LogP contribution in [0.2, 0.25) is 0 Å². The first-order valence-electron chi connectivity index (χ1n) is 7.76. The summed E-state index contributed by atoms with van der Waals surface area (Å²) in [5.41, 5.74) is 1.07. The van der Waals surface area contributed by atoms with Crippen LogP contribution in [0.4, 0.5) is 4.39 Å². The molecule has 1 fully saturated rings. The molecule has 0 aliphatic carbocycles. The first kappa shape index (κ1) is 15.5. The normalized spacial score (nSPS) is 21.6. The van der Waals surface area contributed by atoms with Crippen molar-refractivity contribution in [1.82, 2.24) is 10.2 Å². The molecule has 112 valence electrons. The van der Waals surface area contributed by atoms with Gasteiger partial charge in [0.15, 0.2) is 0 Å². The quantitative estimate of drug-likeness (QED) is 0.860. The molecule has 0 radical (unpaired) electrons. The lowest BCUT2D eigenvalue weighted by Gasteiger charge is -2.21. The Labute approximate surface area is 122 Å². The third-order valence-electron chi connectivity index (χ3n) is 4.23. The molecular formula is C17H27FN2. The van der Waals surface area contributed by atoms with E-state index in [1.165, 1.54) is 25.6 Å². The van der Waals surface area contributed by atoms with E-state index in [0.29, 0.717) is 12.1 Å². The number of halogens is 1. The Morgan fingerprint density at radius 1 is 1.35 bits per heavy atom. The first-order valence-corrected chi connectivity index (χ1v) is 7.76. The molecule has 2 atom stereocenters. The molecule has 1 N–H and O–H groups in total. The highest BCUT2D eigenvalue weighted by molar-refractivity contribution is 5.17. The fourth-order valence-corrected chi connectivity index (χ4v) is 2.96. The second kappa shape index (κ2) is 7.19. The van der Waals surface area contributed by atoms with E-state index in [4.69, 9.17) is 0 Å². The van der Waals surface area contributed by atoms with Crippen LogP contribution < -0.4 is 5.32 Å². The van der Waals surface area contributed by atoms with E-state index in [1.807, 2.05) is 6.07 Å². The Bertz CT molecular complexity index is 419. The van der Waals surface area contributed by atoms with Crippen molar-refractivity contribution in [2.45, 2.75) is 45.7 Å². The van der Waals surface area contributed by atoms with Gasteiger partial charge in [-0.15, -0.1) is 0 Å². The number of nitrogens with one attached hydrogen (secondary N) is 1. The van der Waals surface area contributed by atoms with Crippen LogP contribution in [0.25, 0.3) is 0 Å². The fourth-order valence-electron chi connectivity index (χ4n) is 2.96. The Morgan fingerprint density at radius 2 is 2.15 bits per heavy atom. The molecule has 1 aromatic rings. The standard InChI is InChI=1S/C17H27FN2/c1-13(2)20-8-7-16(12-20)11-19-14(3)9-15-5-4-6-17(18)10-15/h4-6,10,13-14,16,19H,7-9,11-12H2,1-3H3. The van der Waals surface area contributed by atoms with Gasteiger partial charge in [0, 0.05) is 18.6 Å². The summed E-state index contributed by atoms with van der Waals surface area (Å²) in [6.07, 6.45) is 2.18. The molecule has 0 aromatic heterocycles. The van der Waals surface area contributed by atoms with Gasteiger partial charge in [0.2, 0.25) is 0 Å². The maximum absolute atomic E-state index is 13.1. The number of nitrogens with zero attached hydrogens (tertiary/aromatic N) is 1. The highest BCUT2D eigenvalue weighted by Gasteiger charge is 2.24. The topological polar surface area (TPSA) is 15.3 Å². The highest BCUT2D eigenvalue weighted by Crippen LogP contribution is 2.18. The summed E-state index contributed by atoms with van der Waals surface area (Å²) in [6.45, 7) is 10.2. The van der Waals surface area contributed by atoms with E-state index in [9.17, 15) is 4.39 Å². The smallest absolute Gasteiger partial charge is 0.123 e. The van der Waals surface area contributed by atoms with Crippen molar-refractivity contribution in [2.75, 3.05) is 19.6 Å². The molecule has 3 heteroatoms. The molecule has 0 amide bonds. The highest BCUT2D eigenvalue weighted by atomic mass is 19.1. The van der Waals surface area contributed by atoms with Crippen LogP contribution >= 0.6 is 0 Å². The van der Waals surface area contributed by atoms with E-state index < -0.39 is 0 Å². The van der Waals surface area contributed by atoms with E-state index in [1.54, 1.807) is 12.1 Å². The average molecular weight is 278 g/mol. The number of rotatable bonds is 6. The maximum atomic E-state index is 13.1. The van der Waals surface area contributed by atoms with Gasteiger partial charge >= 0.3 is 0 Å². The van der Waals surface area contributed by atoms with Crippen molar-refractivity contribution in [3.05, 3.63) is 35.6 Å². The summed E-state index contributed by atoms with van der Waals surface area (Å²) in [4.78, 5) is 2.55. The molecular weight excluding hydrogens is 251 g/mol. The predicted molar refractivity (Wildman–Crippen MR) is 82.4 cm³/mol. The zero-order chi connectivity index (χ0) is 14.5. The van der Waals surface area contributed by atoms with Crippen LogP contribution in [0.3, 0.4) is 0 Å². The van der Waals surface area contributed by atoms with Gasteiger partial charge in [-0.25, -0.2) is 4.39 Å². The van der Waals surface area contributed by atoms with Crippen molar-refractivity contribution >= 4 is 0 Å². The van der Waals surface area contributed by atoms with Crippen LogP contribution in [0, 0.1) is 11.7 Å². The predicted octanol–water partition coefficient (Wildman–Crippen LogP) is 3.08. The van der Waals surface area contributed by atoms with Crippen molar-refractivity contribution < 1.29 is 4.39 Å². The zero-order valence-corrected chi connectivity index (χ0v) is 12.9. The summed E-state index contributed by atoms with van der Waals surface area (Å²) in [7, 11) is 0. The Balaban J connectivity index is 1.72. The molecule has 20 heavy (non-hydrogen) atoms. The van der Waals surface area contributed by atoms with Crippen molar-refractivity contribution in [2.24, 2.45) is 5.92 Å². The average Bonchev–Trinajstić information content (AvgIpc) is 2.85. The number of hydrogen-bond donors (Lipinski definition) is 1. The van der Waals surface area contributed by atoms with E-state index in [0.717, 1.165) is 24.4 Å². The Morgan fingerprint density at radius 3 is 2.80 bits per heavy atom. The summed E-state index contributed by atoms with van der Waals surface area (Å²) in [5.74, 6) is 0.616. The molecule has 1 aromatic carbocycles. The van der Waals surface area contributed by atoms with E-state index in [-0.39, 0.29) is 5.82 Å². The molecule has 2 unspecified atom stereocenters. The molecule has 0 bridgehead atoms. The number of hydrogen-bond acceptors (Lipinski definition) is 2. The SMILES string of the molecule is CC(Cc1cccc(F)c1)NCC1CCN(C(C)C)C1. The van der Waals surface area contributed by atoms with Crippen LogP contribution in [-0.2, 0) is 6.42 Å². The first-order chi connectivity index (χ1) is 9.54. The van der Waals surface area contributed by atoms with Crippen LogP contribution in [0.15, 0.2) is 24.3 Å². The van der Waals surface area contributed by atoms with Gasteiger partial charge in [0.05, 0.1) is 0 Å². The summed E-state index contributed by atoms with van der Waals surface area (Å²) >= 11 is 0. The number of benzene rings is 1. The second-order valence-electron chi connectivity index (χ2n) is 6.39. The van der Waals surface area contributed by atoms with E-state index >= 15 is 0 Å². The van der Waals surface area contributed by atoms with Crippen molar-refractivity contribution in [3.8, 4) is 0 Å². The van der Waals surface area contributed by atoms with Crippen LogP contribution in [-0.4, -0.2) is 36.6 Å². The van der Waals surface area contributed by atoms with Crippen LogP contribution in [0.1, 0.15) is 32.8 Å². The lowest BCUT2D eigenvalue weighted by molar-refractivity contribution is 0.263. The molecule has 0 spiro atoms. The van der Waals surface area contributed by atoms with Gasteiger partial charge in [-0.1, -0.05) is 12.1 Å². The van der Waals surface area contributed by atoms with Crippen LogP contribution in [0.5, 0.6) is 0 Å². The molecule has 1 aliphatic heterocycles. The van der Waals surface area contributed by atoms with Gasteiger partial charge in [-0.3, -0.25) is 0 Å². The third kappa shape index (κ3) is 4.57. The molecule has 2 rings (SSSR count). The fraction of sp³-hybridized carbons (Fsp3) is 0.647. The molecule has 2 nitrogen and oxygen atoms in total. The lowest BCUT2D eigenvalue weighted by atomic mass is 10.1. The van der Waals surface area contributed by atoms with Gasteiger partial charge in [-0.05, 0) is 70.3 Å².